The number of rotatable bonds is 17. The average molecular weight is 979 g/mol. The van der Waals surface area contributed by atoms with Crippen LogP contribution in [0.25, 0.3) is 0 Å². The third kappa shape index (κ3) is 7.42. The van der Waals surface area contributed by atoms with Gasteiger partial charge in [0.15, 0.2) is 0 Å². The number of fused-ring (bicyclic) bond motifs is 1. The molecule has 2 heterocycles. The van der Waals surface area contributed by atoms with Crippen LogP contribution >= 0.6 is 29.8 Å². The van der Waals surface area contributed by atoms with Gasteiger partial charge in [0.05, 0.1) is 0 Å². The van der Waals surface area contributed by atoms with Crippen LogP contribution in [0.15, 0.2) is 171 Å². The average Bonchev–Trinajstić information content (AvgIpc) is 4.16. The van der Waals surface area contributed by atoms with E-state index in [-0.39, 0.29) is 16.3 Å². The molecule has 0 spiro atoms. The van der Waals surface area contributed by atoms with Crippen molar-refractivity contribution in [2.45, 2.75) is 148 Å². The third-order valence-electron chi connectivity index (χ3n) is 19.5. The fourth-order valence-corrected chi connectivity index (χ4v) is 24.5. The molecule has 69 heavy (non-hydrogen) atoms. The Labute approximate surface area is 426 Å². The monoisotopic (exact) mass is 978 g/mol. The topological polar surface area (TPSA) is 6.25 Å². The van der Waals surface area contributed by atoms with E-state index >= 15 is 0 Å². The maximum atomic E-state index is 7.18. The summed E-state index contributed by atoms with van der Waals surface area (Å²) in [6.45, 7) is 14.0. The van der Waals surface area contributed by atoms with Gasteiger partial charge in [-0.1, -0.05) is 0 Å². The third-order valence-corrected chi connectivity index (χ3v) is 27.7. The van der Waals surface area contributed by atoms with Crippen molar-refractivity contribution in [3.8, 4) is 0 Å². The molecule has 2 nitrogen and oxygen atoms in total. The van der Waals surface area contributed by atoms with E-state index in [1.165, 1.54) is 73.9 Å². The molecule has 1 saturated heterocycles. The molecular formula is C64H80Cl2N2P+. The number of benzene rings is 1. The summed E-state index contributed by atoms with van der Waals surface area (Å²) in [6.07, 6.45) is 54.8. The number of nitrogens with zero attached hydrogens (tertiary/aromatic N) is 2. The summed E-state index contributed by atoms with van der Waals surface area (Å²) in [6, 6.07) is 12.2. The second kappa shape index (κ2) is 18.6. The second-order valence-corrected chi connectivity index (χ2v) is 29.7. The van der Waals surface area contributed by atoms with Gasteiger partial charge in [0, 0.05) is 0 Å². The van der Waals surface area contributed by atoms with Crippen molar-refractivity contribution in [3.63, 3.8) is 0 Å². The normalized spacial score (nSPS) is 35.1. The molecule has 0 bridgehead atoms. The predicted octanol–water partition coefficient (Wildman–Crippen LogP) is 16.8. The number of halogens is 2. The van der Waals surface area contributed by atoms with E-state index in [0.717, 1.165) is 74.9 Å². The van der Waals surface area contributed by atoms with E-state index in [0.29, 0.717) is 29.3 Å². The van der Waals surface area contributed by atoms with Crippen molar-refractivity contribution in [2.24, 2.45) is 40.9 Å². The van der Waals surface area contributed by atoms with Gasteiger partial charge in [-0.05, 0) is 0 Å². The standard InChI is InChI=1S/C64H80Cl2N2P/c1-7-10-26-55-57(66)35-36-64-43-63(55,64)42-49(68(64)38-12-9-3)39-45(5)52-32-30-46(21-18-27-58-54-25-19-24-53-56(65)33-34-59(61(53)54)67(58)37-11-8-2)62(52)69(6,50-22-14-13-15-23-50,60-28-17-16-20-44(60)4)51-31-29-47-40-48(47)41-51/h10,13-17,19-28,34-36,41,44-45,47-48,53,56,60-61H,7-9,11-12,18,29-33,37-40,42-43H2,1-6H3/q+1. The van der Waals surface area contributed by atoms with E-state index in [9.17, 15) is 0 Å². The van der Waals surface area contributed by atoms with Crippen LogP contribution in [-0.4, -0.2) is 51.5 Å². The summed E-state index contributed by atoms with van der Waals surface area (Å²) >= 11 is 14.3. The zero-order chi connectivity index (χ0) is 47.7. The summed E-state index contributed by atoms with van der Waals surface area (Å²) in [4.78, 5) is 2.70. The Morgan fingerprint density at radius 2 is 1.81 bits per heavy atom. The van der Waals surface area contributed by atoms with Gasteiger partial charge >= 0.3 is 429 Å². The van der Waals surface area contributed by atoms with E-state index in [4.69, 9.17) is 23.2 Å². The van der Waals surface area contributed by atoms with E-state index in [1.54, 1.807) is 27.5 Å². The predicted molar refractivity (Wildman–Crippen MR) is 299 cm³/mol. The van der Waals surface area contributed by atoms with Crippen molar-refractivity contribution in [1.29, 1.82) is 0 Å². The van der Waals surface area contributed by atoms with Crippen molar-refractivity contribution in [1.82, 2.24) is 4.90 Å². The minimum absolute atomic E-state index is 0.0674. The number of unbranched alkanes of at least 4 members (excludes halogenated alkanes) is 2. The Kier molecular flexibility index (Phi) is 12.9. The number of alkyl halides is 1. The molecule has 2 saturated carbocycles. The molecule has 11 rings (SSSR count). The fraction of sp³-hybridized carbons (Fsp3) is 0.516. The number of hydrogen-bond donors (Lipinski definition) is 0. The number of allylic oxidation sites excluding steroid dienone is 21. The molecule has 3 fully saturated rings. The molecule has 0 N–H and O–H groups in total. The van der Waals surface area contributed by atoms with Crippen LogP contribution < -0.4 is 5.30 Å². The first-order valence-corrected chi connectivity index (χ1v) is 31.2. The first-order valence-electron chi connectivity index (χ1n) is 27.7. The maximum absolute atomic E-state index is 7.18. The summed E-state index contributed by atoms with van der Waals surface area (Å²) in [5.74, 6) is 3.21. The molecule has 0 aromatic heterocycles. The Morgan fingerprint density at radius 1 is 0.986 bits per heavy atom. The molecule has 5 heteroatoms. The number of hydrogen-bond acceptors (Lipinski definition) is 1. The molecule has 1 aromatic carbocycles. The SMILES string of the molecule is CCC=CC1=C(Cl)C=CC23CC12CC(CC(C)C1=C(P(C)(C2=CC4CC4CC2)(c2ccccc2)C2C=CC=CC2C)C(=CCC=C2C4=CC=CC5C(Cl)CC=C(C45)N2CCCC)CC1)=[N+]3CCCC. The molecule has 8 aliphatic carbocycles. The Bertz CT molecular complexity index is 2680. The van der Waals surface area contributed by atoms with Crippen molar-refractivity contribution >= 4 is 40.8 Å². The second-order valence-electron chi connectivity index (χ2n) is 23.3. The van der Waals surface area contributed by atoms with Gasteiger partial charge in [0.1, 0.15) is 0 Å². The van der Waals surface area contributed by atoms with Gasteiger partial charge in [-0.15, -0.1) is 0 Å². The van der Waals surface area contributed by atoms with Gasteiger partial charge in [0.2, 0.25) is 0 Å². The molecule has 0 amide bonds. The van der Waals surface area contributed by atoms with Crippen LogP contribution in [0.4, 0.5) is 0 Å². The van der Waals surface area contributed by atoms with Crippen LogP contribution in [0.3, 0.4) is 0 Å². The molecular weight excluding hydrogens is 899 g/mol. The summed E-state index contributed by atoms with van der Waals surface area (Å²) in [5.41, 5.74) is 11.5. The molecule has 0 radical (unpaired) electrons. The summed E-state index contributed by atoms with van der Waals surface area (Å²) in [5, 5.41) is 6.33. The molecule has 1 aromatic rings. The van der Waals surface area contributed by atoms with Gasteiger partial charge in [-0.2, -0.15) is 0 Å². The van der Waals surface area contributed by atoms with Gasteiger partial charge in [-0.3, -0.25) is 0 Å². The van der Waals surface area contributed by atoms with Crippen molar-refractivity contribution < 1.29 is 4.58 Å². The zero-order valence-electron chi connectivity index (χ0n) is 42.8. The molecule has 10 aliphatic rings. The van der Waals surface area contributed by atoms with Crippen LogP contribution in [0, 0.1) is 40.9 Å². The van der Waals surface area contributed by atoms with Gasteiger partial charge in [0.25, 0.3) is 0 Å². The van der Waals surface area contributed by atoms with Crippen LogP contribution in [0.2, 0.25) is 0 Å². The first-order chi connectivity index (χ1) is 33.5. The summed E-state index contributed by atoms with van der Waals surface area (Å²) in [7, 11) is 0. The molecule has 364 valence electrons. The van der Waals surface area contributed by atoms with Crippen LogP contribution in [0.5, 0.6) is 0 Å². The van der Waals surface area contributed by atoms with Crippen molar-refractivity contribution in [2.75, 3.05) is 19.8 Å². The summed E-state index contributed by atoms with van der Waals surface area (Å²) < 4.78 is 2.92. The Morgan fingerprint density at radius 3 is 2.59 bits per heavy atom. The first kappa shape index (κ1) is 47.9. The Balaban J connectivity index is 1.08. The van der Waals surface area contributed by atoms with Gasteiger partial charge < -0.3 is 0 Å². The fourth-order valence-electron chi connectivity index (χ4n) is 16.0. The van der Waals surface area contributed by atoms with Crippen molar-refractivity contribution in [3.05, 3.63) is 171 Å². The quantitative estimate of drug-likeness (QED) is 0.0856. The van der Waals surface area contributed by atoms with E-state index < -0.39 is 6.60 Å². The Hall–Kier alpha value is -3.42. The van der Waals surface area contributed by atoms with E-state index in [1.807, 2.05) is 5.31 Å². The van der Waals surface area contributed by atoms with Crippen LogP contribution in [0.1, 0.15) is 131 Å². The van der Waals surface area contributed by atoms with Crippen LogP contribution in [-0.2, 0) is 0 Å². The van der Waals surface area contributed by atoms with E-state index in [2.05, 4.69) is 172 Å². The number of likely N-dealkylation sites (tertiary alicyclic amines) is 1. The molecule has 10 atom stereocenters. The van der Waals surface area contributed by atoms with Gasteiger partial charge in [-0.25, -0.2) is 0 Å². The molecule has 10 unspecified atom stereocenters. The zero-order valence-corrected chi connectivity index (χ0v) is 45.2. The minimum atomic E-state index is -3.20. The molecule has 2 aliphatic heterocycles.